The Bertz CT molecular complexity index is 792. The smallest absolute Gasteiger partial charge is 0.326 e. The number of sulfonamides is 1. The van der Waals surface area contributed by atoms with Crippen molar-refractivity contribution in [2.45, 2.75) is 31.8 Å². The maximum absolute atomic E-state index is 13.0. The topological polar surface area (TPSA) is 95.0 Å². The number of nitrogens with zero attached hydrogens (tertiary/aromatic N) is 2. The third kappa shape index (κ3) is 3.69. The van der Waals surface area contributed by atoms with Crippen LogP contribution in [0.3, 0.4) is 0 Å². The van der Waals surface area contributed by atoms with E-state index in [-0.39, 0.29) is 25.4 Å². The van der Waals surface area contributed by atoms with E-state index in [0.717, 1.165) is 17.4 Å². The van der Waals surface area contributed by atoms with E-state index in [1.54, 1.807) is 0 Å². The van der Waals surface area contributed by atoms with Gasteiger partial charge in [0.2, 0.25) is 15.9 Å². The Morgan fingerprint density at radius 2 is 1.88 bits per heavy atom. The SMILES string of the molecule is CS(=O)(=O)N1CCC[C@@H](C(=O)N2Cc3ccccc3C[C@@H]2C(=O)O)C1. The van der Waals surface area contributed by atoms with Gasteiger partial charge in [0.15, 0.2) is 0 Å². The number of hydrogen-bond acceptors (Lipinski definition) is 4. The highest BCUT2D eigenvalue weighted by atomic mass is 32.2. The van der Waals surface area contributed by atoms with Gasteiger partial charge in [0.05, 0.1) is 12.2 Å². The lowest BCUT2D eigenvalue weighted by molar-refractivity contribution is -0.153. The molecule has 0 aliphatic carbocycles. The number of carboxylic acids is 1. The fourth-order valence-corrected chi connectivity index (χ4v) is 4.57. The summed E-state index contributed by atoms with van der Waals surface area (Å²) in [5.41, 5.74) is 1.89. The number of benzene rings is 1. The molecule has 7 nitrogen and oxygen atoms in total. The number of carbonyl (C=O) groups is 2. The summed E-state index contributed by atoms with van der Waals surface area (Å²) in [5.74, 6) is -1.79. The Morgan fingerprint density at radius 1 is 1.20 bits per heavy atom. The Morgan fingerprint density at radius 3 is 2.52 bits per heavy atom. The maximum Gasteiger partial charge on any atom is 0.326 e. The normalized spacial score (nSPS) is 24.6. The Kier molecular flexibility index (Phi) is 4.83. The fraction of sp³-hybridized carbons (Fsp3) is 0.529. The first-order valence-electron chi connectivity index (χ1n) is 8.32. The van der Waals surface area contributed by atoms with Gasteiger partial charge in [-0.15, -0.1) is 0 Å². The number of carboxylic acid groups (broad SMARTS) is 1. The van der Waals surface area contributed by atoms with Gasteiger partial charge in [-0.05, 0) is 24.0 Å². The van der Waals surface area contributed by atoms with Crippen molar-refractivity contribution in [2.75, 3.05) is 19.3 Å². The van der Waals surface area contributed by atoms with Gasteiger partial charge in [0.25, 0.3) is 0 Å². The first-order valence-corrected chi connectivity index (χ1v) is 10.2. The molecule has 0 unspecified atom stereocenters. The average molecular weight is 366 g/mol. The first kappa shape index (κ1) is 17.9. The summed E-state index contributed by atoms with van der Waals surface area (Å²) < 4.78 is 24.9. The molecule has 2 heterocycles. The van der Waals surface area contributed by atoms with Crippen LogP contribution in [-0.2, 0) is 32.6 Å². The van der Waals surface area contributed by atoms with Crippen molar-refractivity contribution in [3.63, 3.8) is 0 Å². The minimum absolute atomic E-state index is 0.127. The number of rotatable bonds is 3. The Hall–Kier alpha value is -1.93. The zero-order valence-electron chi connectivity index (χ0n) is 14.1. The monoisotopic (exact) mass is 366 g/mol. The van der Waals surface area contributed by atoms with Crippen LogP contribution in [0.1, 0.15) is 24.0 Å². The molecule has 0 aromatic heterocycles. The molecule has 136 valence electrons. The van der Waals surface area contributed by atoms with E-state index in [1.807, 2.05) is 24.3 Å². The van der Waals surface area contributed by atoms with Gasteiger partial charge < -0.3 is 10.0 Å². The zero-order valence-corrected chi connectivity index (χ0v) is 14.9. The fourth-order valence-electron chi connectivity index (χ4n) is 3.65. The molecule has 1 saturated heterocycles. The van der Waals surface area contributed by atoms with E-state index in [9.17, 15) is 23.1 Å². The highest BCUT2D eigenvalue weighted by Gasteiger charge is 2.39. The molecule has 1 N–H and O–H groups in total. The second-order valence-electron chi connectivity index (χ2n) is 6.75. The molecule has 1 fully saturated rings. The largest absolute Gasteiger partial charge is 0.480 e. The van der Waals surface area contributed by atoms with Gasteiger partial charge in [0.1, 0.15) is 6.04 Å². The standard InChI is InChI=1S/C17H22N2O5S/c1-25(23,24)18-8-4-7-14(10-18)16(20)19-11-13-6-3-2-5-12(13)9-15(19)17(21)22/h2-3,5-6,14-15H,4,7-11H2,1H3,(H,21,22)/t14-,15-/m1/s1. The van der Waals surface area contributed by atoms with Crippen molar-refractivity contribution < 1.29 is 23.1 Å². The van der Waals surface area contributed by atoms with E-state index >= 15 is 0 Å². The molecule has 1 aromatic rings. The quantitative estimate of drug-likeness (QED) is 0.849. The van der Waals surface area contributed by atoms with Gasteiger partial charge in [-0.2, -0.15) is 0 Å². The summed E-state index contributed by atoms with van der Waals surface area (Å²) in [6, 6.07) is 6.61. The van der Waals surface area contributed by atoms with E-state index in [0.29, 0.717) is 19.4 Å². The van der Waals surface area contributed by atoms with Crippen LogP contribution in [0.25, 0.3) is 0 Å². The number of carbonyl (C=O) groups excluding carboxylic acids is 1. The summed E-state index contributed by atoms with van der Waals surface area (Å²) in [6.07, 6.45) is 2.60. The molecule has 2 aliphatic rings. The molecular weight excluding hydrogens is 344 g/mol. The number of fused-ring (bicyclic) bond motifs is 1. The van der Waals surface area contributed by atoms with Crippen molar-refractivity contribution in [1.82, 2.24) is 9.21 Å². The highest BCUT2D eigenvalue weighted by molar-refractivity contribution is 7.88. The van der Waals surface area contributed by atoms with Crippen LogP contribution in [0, 0.1) is 5.92 Å². The molecule has 0 saturated carbocycles. The van der Waals surface area contributed by atoms with Crippen LogP contribution in [0.15, 0.2) is 24.3 Å². The lowest BCUT2D eigenvalue weighted by atomic mass is 9.91. The van der Waals surface area contributed by atoms with Crippen molar-refractivity contribution in [2.24, 2.45) is 5.92 Å². The van der Waals surface area contributed by atoms with Gasteiger partial charge in [-0.3, -0.25) is 4.79 Å². The van der Waals surface area contributed by atoms with Gasteiger partial charge >= 0.3 is 5.97 Å². The zero-order chi connectivity index (χ0) is 18.2. The Labute approximate surface area is 147 Å². The van der Waals surface area contributed by atoms with Crippen LogP contribution in [0.2, 0.25) is 0 Å². The average Bonchev–Trinajstić information content (AvgIpc) is 2.59. The molecular formula is C17H22N2O5S. The van der Waals surface area contributed by atoms with E-state index in [1.165, 1.54) is 9.21 Å². The number of hydrogen-bond donors (Lipinski definition) is 1. The summed E-state index contributed by atoms with van der Waals surface area (Å²) in [6.45, 7) is 0.789. The number of piperidine rings is 1. The van der Waals surface area contributed by atoms with Crippen LogP contribution in [0.4, 0.5) is 0 Å². The summed E-state index contributed by atoms with van der Waals surface area (Å²) in [4.78, 5) is 26.1. The lowest BCUT2D eigenvalue weighted by Gasteiger charge is -2.39. The van der Waals surface area contributed by atoms with Crippen LogP contribution >= 0.6 is 0 Å². The molecule has 3 rings (SSSR count). The highest BCUT2D eigenvalue weighted by Crippen LogP contribution is 2.28. The van der Waals surface area contributed by atoms with Crippen LogP contribution < -0.4 is 0 Å². The Balaban J connectivity index is 1.83. The van der Waals surface area contributed by atoms with E-state index in [2.05, 4.69) is 0 Å². The molecule has 25 heavy (non-hydrogen) atoms. The predicted octanol–water partition coefficient (Wildman–Crippen LogP) is 0.696. The third-order valence-corrected chi connectivity index (χ3v) is 6.29. The molecule has 1 amide bonds. The van der Waals surface area contributed by atoms with Crippen molar-refractivity contribution >= 4 is 21.9 Å². The second kappa shape index (κ2) is 6.76. The van der Waals surface area contributed by atoms with Crippen molar-refractivity contribution in [1.29, 1.82) is 0 Å². The number of amides is 1. The third-order valence-electron chi connectivity index (χ3n) is 5.02. The van der Waals surface area contributed by atoms with Crippen LogP contribution in [-0.4, -0.2) is 60.0 Å². The van der Waals surface area contributed by atoms with E-state index < -0.39 is 28.0 Å². The van der Waals surface area contributed by atoms with Gasteiger partial charge in [-0.25, -0.2) is 17.5 Å². The summed E-state index contributed by atoms with van der Waals surface area (Å²) >= 11 is 0. The van der Waals surface area contributed by atoms with Crippen LogP contribution in [0.5, 0.6) is 0 Å². The van der Waals surface area contributed by atoms with Crippen molar-refractivity contribution in [3.05, 3.63) is 35.4 Å². The molecule has 2 atom stereocenters. The predicted molar refractivity (Wildman–Crippen MR) is 91.3 cm³/mol. The minimum Gasteiger partial charge on any atom is -0.480 e. The molecule has 0 spiro atoms. The van der Waals surface area contributed by atoms with E-state index in [4.69, 9.17) is 0 Å². The summed E-state index contributed by atoms with van der Waals surface area (Å²) in [7, 11) is -3.36. The molecule has 8 heteroatoms. The molecule has 0 radical (unpaired) electrons. The second-order valence-corrected chi connectivity index (χ2v) is 8.74. The summed E-state index contributed by atoms with van der Waals surface area (Å²) in [5, 5.41) is 9.56. The molecule has 0 bridgehead atoms. The maximum atomic E-state index is 13.0. The molecule has 2 aliphatic heterocycles. The number of aliphatic carboxylic acids is 1. The lowest BCUT2D eigenvalue weighted by Crippen LogP contribution is -2.53. The minimum atomic E-state index is -3.36. The molecule has 1 aromatic carbocycles. The first-order chi connectivity index (χ1) is 11.8. The van der Waals surface area contributed by atoms with Gasteiger partial charge in [-0.1, -0.05) is 24.3 Å². The van der Waals surface area contributed by atoms with Gasteiger partial charge in [0, 0.05) is 26.1 Å². The van der Waals surface area contributed by atoms with Crippen molar-refractivity contribution in [3.8, 4) is 0 Å².